The van der Waals surface area contributed by atoms with Crippen molar-refractivity contribution in [2.24, 2.45) is 0 Å². The van der Waals surface area contributed by atoms with Gasteiger partial charge in [-0.25, -0.2) is 13.1 Å². The minimum atomic E-state index is -3.64. The van der Waals surface area contributed by atoms with Crippen LogP contribution in [0.25, 0.3) is 0 Å². The lowest BCUT2D eigenvalue weighted by molar-refractivity contribution is 0.175. The molecule has 5 nitrogen and oxygen atoms in total. The molecule has 0 saturated heterocycles. The summed E-state index contributed by atoms with van der Waals surface area (Å²) in [5.41, 5.74) is 6.85. The van der Waals surface area contributed by atoms with E-state index in [1.54, 1.807) is 26.0 Å². The molecule has 0 aliphatic carbocycles. The van der Waals surface area contributed by atoms with E-state index in [4.69, 9.17) is 5.73 Å². The van der Waals surface area contributed by atoms with Crippen molar-refractivity contribution in [1.82, 2.24) is 4.72 Å². The van der Waals surface area contributed by atoms with Crippen LogP contribution in [0.2, 0.25) is 0 Å². The Morgan fingerprint density at radius 1 is 1.39 bits per heavy atom. The lowest BCUT2D eigenvalue weighted by atomic mass is 10.2. The highest BCUT2D eigenvalue weighted by Gasteiger charge is 2.20. The van der Waals surface area contributed by atoms with E-state index in [0.717, 1.165) is 5.56 Å². The molecule has 6 heteroatoms. The fourth-order valence-corrected chi connectivity index (χ4v) is 3.17. The molecule has 2 unspecified atom stereocenters. The zero-order chi connectivity index (χ0) is 13.9. The van der Waals surface area contributed by atoms with E-state index in [9.17, 15) is 13.5 Å². The molecule has 4 N–H and O–H groups in total. The van der Waals surface area contributed by atoms with Crippen molar-refractivity contribution in [3.8, 4) is 0 Å². The van der Waals surface area contributed by atoms with Crippen LogP contribution in [0.1, 0.15) is 25.8 Å². The summed E-state index contributed by atoms with van der Waals surface area (Å²) < 4.78 is 26.7. The third-order valence-corrected chi connectivity index (χ3v) is 4.17. The lowest BCUT2D eigenvalue weighted by Crippen LogP contribution is -2.35. The Morgan fingerprint density at radius 3 is 2.50 bits per heavy atom. The zero-order valence-electron chi connectivity index (χ0n) is 10.8. The van der Waals surface area contributed by atoms with Crippen LogP contribution in [0.3, 0.4) is 0 Å². The first-order valence-corrected chi connectivity index (χ1v) is 7.27. The first-order valence-electron chi connectivity index (χ1n) is 5.79. The van der Waals surface area contributed by atoms with Gasteiger partial charge in [-0.15, -0.1) is 0 Å². The van der Waals surface area contributed by atoms with Crippen LogP contribution < -0.4 is 10.5 Å². The Morgan fingerprint density at radius 2 is 2.00 bits per heavy atom. The molecular weight excluding hydrogens is 252 g/mol. The Bertz CT molecular complexity index is 512. The van der Waals surface area contributed by atoms with Crippen molar-refractivity contribution in [1.29, 1.82) is 0 Å². The summed E-state index contributed by atoms with van der Waals surface area (Å²) in [5.74, 6) is 0. The highest BCUT2D eigenvalue weighted by molar-refractivity contribution is 7.89. The number of nitrogens with two attached hydrogens (primary N) is 1. The number of aliphatic hydroxyl groups is 1. The highest BCUT2D eigenvalue weighted by Crippen LogP contribution is 2.19. The molecular formula is C12H20N2O3S. The number of rotatable bonds is 5. The summed E-state index contributed by atoms with van der Waals surface area (Å²) in [6, 6.07) is 4.45. The van der Waals surface area contributed by atoms with Gasteiger partial charge in [0.1, 0.15) is 4.90 Å². The molecule has 0 fully saturated rings. The quantitative estimate of drug-likeness (QED) is 0.698. The molecule has 0 amide bonds. The lowest BCUT2D eigenvalue weighted by Gasteiger charge is -2.16. The zero-order valence-corrected chi connectivity index (χ0v) is 11.7. The van der Waals surface area contributed by atoms with E-state index in [1.165, 1.54) is 6.07 Å². The molecule has 0 heterocycles. The van der Waals surface area contributed by atoms with Gasteiger partial charge in [-0.3, -0.25) is 0 Å². The fraction of sp³-hybridized carbons (Fsp3) is 0.500. The van der Waals surface area contributed by atoms with Gasteiger partial charge in [0.25, 0.3) is 0 Å². The number of anilines is 1. The first-order chi connectivity index (χ1) is 8.22. The van der Waals surface area contributed by atoms with E-state index in [0.29, 0.717) is 6.42 Å². The number of hydrogen-bond acceptors (Lipinski definition) is 4. The summed E-state index contributed by atoms with van der Waals surface area (Å²) >= 11 is 0. The van der Waals surface area contributed by atoms with Crippen LogP contribution in [0.4, 0.5) is 5.69 Å². The predicted molar refractivity (Wildman–Crippen MR) is 71.7 cm³/mol. The number of aliphatic hydroxyl groups excluding tert-OH is 1. The van der Waals surface area contributed by atoms with Crippen molar-refractivity contribution in [2.45, 2.75) is 44.2 Å². The largest absolute Gasteiger partial charge is 0.398 e. The first kappa shape index (κ1) is 14.9. The van der Waals surface area contributed by atoms with Gasteiger partial charge in [-0.1, -0.05) is 6.07 Å². The molecule has 0 aromatic heterocycles. The average Bonchev–Trinajstić information content (AvgIpc) is 2.13. The van der Waals surface area contributed by atoms with Crippen LogP contribution in [-0.2, 0) is 10.0 Å². The maximum atomic E-state index is 12.1. The van der Waals surface area contributed by atoms with Crippen molar-refractivity contribution in [2.75, 3.05) is 5.73 Å². The monoisotopic (exact) mass is 272 g/mol. The summed E-state index contributed by atoms with van der Waals surface area (Å²) in [6.45, 7) is 5.16. The number of benzene rings is 1. The molecule has 1 aromatic rings. The standard InChI is InChI=1S/C12H20N2O3S/c1-8-4-5-12(11(13)6-8)18(16,17)14-9(2)7-10(3)15/h4-6,9-10,14-15H,7,13H2,1-3H3. The Kier molecular flexibility index (Phi) is 4.72. The van der Waals surface area contributed by atoms with Gasteiger partial charge in [-0.2, -0.15) is 0 Å². The topological polar surface area (TPSA) is 92.4 Å². The summed E-state index contributed by atoms with van der Waals surface area (Å²) in [7, 11) is -3.64. The van der Waals surface area contributed by atoms with E-state index in [2.05, 4.69) is 4.72 Å². The van der Waals surface area contributed by atoms with Gasteiger partial charge in [0, 0.05) is 6.04 Å². The van der Waals surface area contributed by atoms with Crippen LogP contribution >= 0.6 is 0 Å². The smallest absolute Gasteiger partial charge is 0.242 e. The molecule has 18 heavy (non-hydrogen) atoms. The minimum absolute atomic E-state index is 0.0746. The molecule has 0 radical (unpaired) electrons. The van der Waals surface area contributed by atoms with Crippen molar-refractivity contribution >= 4 is 15.7 Å². The van der Waals surface area contributed by atoms with Gasteiger partial charge in [0.2, 0.25) is 10.0 Å². The second kappa shape index (κ2) is 5.69. The second-order valence-corrected chi connectivity index (χ2v) is 6.33. The maximum Gasteiger partial charge on any atom is 0.242 e. The van der Waals surface area contributed by atoms with Crippen LogP contribution in [0.5, 0.6) is 0 Å². The number of nitrogens with one attached hydrogen (secondary N) is 1. The minimum Gasteiger partial charge on any atom is -0.398 e. The van der Waals surface area contributed by atoms with Gasteiger partial charge >= 0.3 is 0 Å². The third-order valence-electron chi connectivity index (χ3n) is 2.51. The summed E-state index contributed by atoms with van der Waals surface area (Å²) in [6.07, 6.45) is -0.205. The fourth-order valence-electron chi connectivity index (χ4n) is 1.80. The summed E-state index contributed by atoms with van der Waals surface area (Å²) in [4.78, 5) is 0.0746. The normalized spacial score (nSPS) is 15.3. The maximum absolute atomic E-state index is 12.1. The van der Waals surface area contributed by atoms with Crippen LogP contribution in [0.15, 0.2) is 23.1 Å². The van der Waals surface area contributed by atoms with Gasteiger partial charge in [-0.05, 0) is 44.9 Å². The molecule has 102 valence electrons. The van der Waals surface area contributed by atoms with Gasteiger partial charge in [0.05, 0.1) is 11.8 Å². The van der Waals surface area contributed by atoms with Crippen molar-refractivity contribution in [3.05, 3.63) is 23.8 Å². The van der Waals surface area contributed by atoms with E-state index in [1.807, 2.05) is 6.92 Å². The molecule has 0 bridgehead atoms. The van der Waals surface area contributed by atoms with E-state index in [-0.39, 0.29) is 16.6 Å². The van der Waals surface area contributed by atoms with E-state index >= 15 is 0 Å². The summed E-state index contributed by atoms with van der Waals surface area (Å²) in [5, 5.41) is 9.22. The van der Waals surface area contributed by atoms with Crippen molar-refractivity contribution < 1.29 is 13.5 Å². The molecule has 2 atom stereocenters. The molecule has 1 rings (SSSR count). The van der Waals surface area contributed by atoms with Gasteiger partial charge in [0.15, 0.2) is 0 Å². The van der Waals surface area contributed by atoms with E-state index < -0.39 is 16.1 Å². The average molecular weight is 272 g/mol. The van der Waals surface area contributed by atoms with Crippen LogP contribution in [-0.4, -0.2) is 25.7 Å². The second-order valence-electron chi connectivity index (χ2n) is 4.65. The highest BCUT2D eigenvalue weighted by atomic mass is 32.2. The van der Waals surface area contributed by atoms with Crippen molar-refractivity contribution in [3.63, 3.8) is 0 Å². The SMILES string of the molecule is Cc1ccc(S(=O)(=O)NC(C)CC(C)O)c(N)c1. The number of sulfonamides is 1. The third kappa shape index (κ3) is 3.97. The number of aryl methyl sites for hydroxylation is 1. The number of nitrogen functional groups attached to an aromatic ring is 1. The Balaban J connectivity index is 2.93. The Labute approximate surface area is 108 Å². The van der Waals surface area contributed by atoms with Gasteiger partial charge < -0.3 is 10.8 Å². The molecule has 0 spiro atoms. The molecule has 0 aliphatic heterocycles. The predicted octanol–water partition coefficient (Wildman–Crippen LogP) is 1.01. The van der Waals surface area contributed by atoms with Crippen LogP contribution in [0, 0.1) is 6.92 Å². The molecule has 0 saturated carbocycles. The molecule has 1 aromatic carbocycles. The Hall–Kier alpha value is -1.11. The number of hydrogen-bond donors (Lipinski definition) is 3. The molecule has 0 aliphatic rings.